The van der Waals surface area contributed by atoms with Crippen LogP contribution in [0.3, 0.4) is 0 Å². The van der Waals surface area contributed by atoms with Crippen molar-refractivity contribution in [3.63, 3.8) is 0 Å². The molecule has 0 radical (unpaired) electrons. The summed E-state index contributed by atoms with van der Waals surface area (Å²) in [6, 6.07) is 13.3. The average Bonchev–Trinajstić information content (AvgIpc) is 3.35. The van der Waals surface area contributed by atoms with E-state index in [9.17, 15) is 19.7 Å². The molecule has 12 nitrogen and oxygen atoms in total. The second-order valence-electron chi connectivity index (χ2n) is 7.93. The van der Waals surface area contributed by atoms with Gasteiger partial charge in [0.1, 0.15) is 0 Å². The van der Waals surface area contributed by atoms with Crippen molar-refractivity contribution in [3.05, 3.63) is 74.6 Å². The first kappa shape index (κ1) is 23.8. The highest BCUT2D eigenvalue weighted by Gasteiger charge is 2.20. The van der Waals surface area contributed by atoms with Crippen LogP contribution < -0.4 is 21.7 Å². The SMILES string of the molecule is O=C(CCC1N=C(c2ccc([N+](=O)[O-])cc2)NO1)NCCCCNc1n[nH]c(=O)c2ccccc12. The van der Waals surface area contributed by atoms with E-state index in [0.29, 0.717) is 42.1 Å². The molecule has 12 heteroatoms. The van der Waals surface area contributed by atoms with Crippen LogP contribution in [-0.2, 0) is 9.63 Å². The second kappa shape index (κ2) is 11.2. The van der Waals surface area contributed by atoms with Crippen LogP contribution in [0.15, 0.2) is 58.3 Å². The van der Waals surface area contributed by atoms with Gasteiger partial charge in [-0.3, -0.25) is 19.7 Å². The van der Waals surface area contributed by atoms with Gasteiger partial charge in [-0.25, -0.2) is 20.4 Å². The van der Waals surface area contributed by atoms with Gasteiger partial charge in [0.05, 0.1) is 10.3 Å². The highest BCUT2D eigenvalue weighted by molar-refractivity contribution is 5.99. The molecular formula is C23H25N7O5. The number of aromatic amines is 1. The van der Waals surface area contributed by atoms with Gasteiger partial charge in [0.15, 0.2) is 17.9 Å². The Kier molecular flexibility index (Phi) is 7.63. The number of hydrogen-bond donors (Lipinski definition) is 4. The van der Waals surface area contributed by atoms with Crippen LogP contribution in [0.25, 0.3) is 10.8 Å². The Labute approximate surface area is 199 Å². The standard InChI is InChI=1S/C23H25N7O5/c31-19(11-12-20-26-21(29-35-20)15-7-9-16(10-8-15)30(33)34)24-13-3-4-14-25-22-17-5-1-2-6-18(17)23(32)28-27-22/h1-2,5-10,20H,3-4,11-14H2,(H,24,31)(H,25,27)(H,26,29)(H,28,32). The van der Waals surface area contributed by atoms with Gasteiger partial charge in [-0.05, 0) is 31.0 Å². The fraction of sp³-hybridized carbons (Fsp3) is 0.304. The molecule has 2 heterocycles. The van der Waals surface area contributed by atoms with Gasteiger partial charge >= 0.3 is 0 Å². The highest BCUT2D eigenvalue weighted by atomic mass is 16.7. The van der Waals surface area contributed by atoms with E-state index in [1.54, 1.807) is 18.2 Å². The van der Waals surface area contributed by atoms with E-state index in [0.717, 1.165) is 18.2 Å². The number of nitrogens with one attached hydrogen (secondary N) is 4. The van der Waals surface area contributed by atoms with Crippen LogP contribution in [0.2, 0.25) is 0 Å². The van der Waals surface area contributed by atoms with E-state index in [1.807, 2.05) is 18.2 Å². The predicted octanol–water partition coefficient (Wildman–Crippen LogP) is 2.23. The Morgan fingerprint density at radius 1 is 1.09 bits per heavy atom. The number of amides is 1. The van der Waals surface area contributed by atoms with Crippen LogP contribution in [0.5, 0.6) is 0 Å². The summed E-state index contributed by atoms with van der Waals surface area (Å²) in [5.74, 6) is 1.01. The summed E-state index contributed by atoms with van der Waals surface area (Å²) in [5, 5.41) is 24.8. The van der Waals surface area contributed by atoms with Crippen molar-refractivity contribution >= 4 is 34.0 Å². The first-order valence-electron chi connectivity index (χ1n) is 11.2. The summed E-state index contributed by atoms with van der Waals surface area (Å²) < 4.78 is 0. The molecule has 3 aromatic rings. The summed E-state index contributed by atoms with van der Waals surface area (Å²) in [4.78, 5) is 44.0. The monoisotopic (exact) mass is 479 g/mol. The normalized spacial score (nSPS) is 14.9. The minimum atomic E-state index is -0.505. The molecule has 1 unspecified atom stereocenters. The number of carbonyl (C=O) groups excluding carboxylic acids is 1. The van der Waals surface area contributed by atoms with Crippen LogP contribution in [0.1, 0.15) is 31.2 Å². The number of benzene rings is 2. The Balaban J connectivity index is 1.13. The number of hydroxylamine groups is 1. The molecule has 4 rings (SSSR count). The number of anilines is 1. The Bertz CT molecular complexity index is 1290. The molecule has 1 aliphatic rings. The molecule has 35 heavy (non-hydrogen) atoms. The lowest BCUT2D eigenvalue weighted by Crippen LogP contribution is -2.26. The lowest BCUT2D eigenvalue weighted by molar-refractivity contribution is -0.384. The molecule has 1 amide bonds. The number of fused-ring (bicyclic) bond motifs is 1. The maximum Gasteiger partial charge on any atom is 0.272 e. The maximum absolute atomic E-state index is 12.1. The minimum absolute atomic E-state index is 0.00108. The topological polar surface area (TPSA) is 164 Å². The molecule has 0 bridgehead atoms. The Morgan fingerprint density at radius 2 is 1.83 bits per heavy atom. The zero-order chi connectivity index (χ0) is 24.6. The molecule has 0 fully saturated rings. The Morgan fingerprint density at radius 3 is 2.60 bits per heavy atom. The maximum atomic E-state index is 12.1. The van der Waals surface area contributed by atoms with Crippen molar-refractivity contribution in [3.8, 4) is 0 Å². The van der Waals surface area contributed by atoms with E-state index < -0.39 is 11.2 Å². The number of carbonyl (C=O) groups is 1. The molecule has 4 N–H and O–H groups in total. The summed E-state index contributed by atoms with van der Waals surface area (Å²) in [5.41, 5.74) is 3.15. The summed E-state index contributed by atoms with van der Waals surface area (Å²) in [6.07, 6.45) is 1.75. The smallest absolute Gasteiger partial charge is 0.272 e. The fourth-order valence-corrected chi connectivity index (χ4v) is 3.60. The van der Waals surface area contributed by atoms with Crippen LogP contribution in [0.4, 0.5) is 11.5 Å². The minimum Gasteiger partial charge on any atom is -0.368 e. The number of nitrogens with zero attached hydrogens (tertiary/aromatic N) is 3. The third kappa shape index (κ3) is 6.18. The van der Waals surface area contributed by atoms with Crippen LogP contribution in [-0.4, -0.2) is 46.2 Å². The molecule has 0 aliphatic carbocycles. The predicted molar refractivity (Wildman–Crippen MR) is 130 cm³/mol. The first-order chi connectivity index (χ1) is 17.0. The lowest BCUT2D eigenvalue weighted by Gasteiger charge is -2.09. The molecule has 0 spiro atoms. The summed E-state index contributed by atoms with van der Waals surface area (Å²) >= 11 is 0. The number of amidine groups is 1. The number of aromatic nitrogens is 2. The van der Waals surface area contributed by atoms with Crippen molar-refractivity contribution in [2.75, 3.05) is 18.4 Å². The van der Waals surface area contributed by atoms with Crippen molar-refractivity contribution in [2.45, 2.75) is 31.9 Å². The zero-order valence-corrected chi connectivity index (χ0v) is 18.8. The van der Waals surface area contributed by atoms with Crippen molar-refractivity contribution in [2.24, 2.45) is 4.99 Å². The third-order valence-electron chi connectivity index (χ3n) is 5.45. The number of unbranched alkanes of at least 4 members (excludes halogenated alkanes) is 1. The molecule has 1 aromatic heterocycles. The number of hydrogen-bond acceptors (Lipinski definition) is 9. The molecule has 182 valence electrons. The van der Waals surface area contributed by atoms with Gasteiger partial charge in [-0.1, -0.05) is 18.2 Å². The van der Waals surface area contributed by atoms with Crippen molar-refractivity contribution < 1.29 is 14.6 Å². The number of nitro groups is 1. The van der Waals surface area contributed by atoms with Crippen LogP contribution >= 0.6 is 0 Å². The molecule has 0 saturated heterocycles. The summed E-state index contributed by atoms with van der Waals surface area (Å²) in [7, 11) is 0. The van der Waals surface area contributed by atoms with Gasteiger partial charge < -0.3 is 10.6 Å². The summed E-state index contributed by atoms with van der Waals surface area (Å²) in [6.45, 7) is 1.20. The fourth-order valence-electron chi connectivity index (χ4n) is 3.60. The lowest BCUT2D eigenvalue weighted by atomic mass is 10.2. The average molecular weight is 479 g/mol. The van der Waals surface area contributed by atoms with Crippen LogP contribution in [0, 0.1) is 10.1 Å². The van der Waals surface area contributed by atoms with Gasteiger partial charge in [0, 0.05) is 49.0 Å². The van der Waals surface area contributed by atoms with E-state index in [4.69, 9.17) is 4.84 Å². The zero-order valence-electron chi connectivity index (χ0n) is 18.8. The quantitative estimate of drug-likeness (QED) is 0.185. The molecule has 0 saturated carbocycles. The molecular weight excluding hydrogens is 454 g/mol. The van der Waals surface area contributed by atoms with Crippen molar-refractivity contribution in [1.29, 1.82) is 0 Å². The third-order valence-corrected chi connectivity index (χ3v) is 5.45. The van der Waals surface area contributed by atoms with Gasteiger partial charge in [-0.2, -0.15) is 5.10 Å². The highest BCUT2D eigenvalue weighted by Crippen LogP contribution is 2.17. The van der Waals surface area contributed by atoms with Gasteiger partial charge in [0.25, 0.3) is 11.2 Å². The Hall–Kier alpha value is -4.32. The molecule has 1 atom stereocenters. The molecule has 1 aliphatic heterocycles. The van der Waals surface area contributed by atoms with Crippen molar-refractivity contribution in [1.82, 2.24) is 21.0 Å². The number of aliphatic imine (C=N–C) groups is 1. The second-order valence-corrected chi connectivity index (χ2v) is 7.93. The van der Waals surface area contributed by atoms with Gasteiger partial charge in [-0.15, -0.1) is 0 Å². The van der Waals surface area contributed by atoms with E-state index >= 15 is 0 Å². The number of nitro benzene ring substituents is 1. The first-order valence-corrected chi connectivity index (χ1v) is 11.2. The van der Waals surface area contributed by atoms with E-state index in [2.05, 4.69) is 31.3 Å². The molecule has 2 aromatic carbocycles. The number of rotatable bonds is 11. The van der Waals surface area contributed by atoms with Gasteiger partial charge in [0.2, 0.25) is 5.91 Å². The van der Waals surface area contributed by atoms with E-state index in [-0.39, 0.29) is 23.6 Å². The number of H-pyrrole nitrogens is 1. The number of non-ortho nitro benzene ring substituents is 1. The largest absolute Gasteiger partial charge is 0.368 e. The van der Waals surface area contributed by atoms with E-state index in [1.165, 1.54) is 12.1 Å².